The van der Waals surface area contributed by atoms with Gasteiger partial charge in [-0.05, 0) is 31.7 Å². The van der Waals surface area contributed by atoms with Gasteiger partial charge in [-0.3, -0.25) is 0 Å². The zero-order valence-corrected chi connectivity index (χ0v) is 11.0. The third-order valence-corrected chi connectivity index (χ3v) is 3.58. The molecule has 1 aliphatic heterocycles. The molecule has 0 spiro atoms. The van der Waals surface area contributed by atoms with Crippen LogP contribution in [-0.2, 0) is 0 Å². The average Bonchev–Trinajstić information content (AvgIpc) is 2.74. The Morgan fingerprint density at radius 1 is 1.53 bits per heavy atom. The lowest BCUT2D eigenvalue weighted by Crippen LogP contribution is -2.30. The monoisotopic (exact) mass is 276 g/mol. The number of alkyl halides is 1. The molecule has 0 saturated carbocycles. The summed E-state index contributed by atoms with van der Waals surface area (Å²) >= 11 is 11.4. The molecule has 5 heteroatoms. The first-order valence-corrected chi connectivity index (χ1v) is 6.77. The molecule has 1 aliphatic rings. The largest absolute Gasteiger partial charge is 0.351 e. The fourth-order valence-electron chi connectivity index (χ4n) is 2.35. The van der Waals surface area contributed by atoms with Gasteiger partial charge in [-0.2, -0.15) is 0 Å². The van der Waals surface area contributed by atoms with Gasteiger partial charge in [-0.1, -0.05) is 11.6 Å². The van der Waals surface area contributed by atoms with Crippen molar-refractivity contribution in [3.63, 3.8) is 0 Å². The molecule has 0 bridgehead atoms. The molecule has 0 amide bonds. The highest BCUT2D eigenvalue weighted by molar-refractivity contribution is 6.30. The third kappa shape index (κ3) is 3.02. The summed E-state index contributed by atoms with van der Waals surface area (Å²) in [6.07, 6.45) is 5.61. The average molecular weight is 277 g/mol. The van der Waals surface area contributed by atoms with E-state index in [0.717, 1.165) is 32.2 Å². The molecule has 2 rings (SSSR count). The molecular formula is C12H15Cl2FN2. The SMILES string of the molecule is Fc1cc(Cl)cnc1N1CCCC1CCCCl. The summed E-state index contributed by atoms with van der Waals surface area (Å²) in [5.74, 6) is 0.739. The van der Waals surface area contributed by atoms with Gasteiger partial charge < -0.3 is 4.90 Å². The molecule has 1 aromatic rings. The van der Waals surface area contributed by atoms with Crippen molar-refractivity contribution in [2.45, 2.75) is 31.7 Å². The number of hydrogen-bond acceptors (Lipinski definition) is 2. The highest BCUT2D eigenvalue weighted by atomic mass is 35.5. The summed E-state index contributed by atoms with van der Waals surface area (Å²) in [5, 5.41) is 0.336. The summed E-state index contributed by atoms with van der Waals surface area (Å²) in [7, 11) is 0. The second-order valence-corrected chi connectivity index (χ2v) is 5.09. The second-order valence-electron chi connectivity index (χ2n) is 4.28. The van der Waals surface area contributed by atoms with E-state index in [9.17, 15) is 4.39 Å². The Hall–Kier alpha value is -0.540. The van der Waals surface area contributed by atoms with Crippen molar-refractivity contribution in [3.05, 3.63) is 23.1 Å². The van der Waals surface area contributed by atoms with Gasteiger partial charge in [0.25, 0.3) is 0 Å². The molecule has 2 heterocycles. The van der Waals surface area contributed by atoms with Crippen LogP contribution in [-0.4, -0.2) is 23.5 Å². The standard InChI is InChI=1S/C12H15Cl2FN2/c13-5-1-3-10-4-2-6-17(10)12-11(15)7-9(14)8-16-12/h7-8,10H,1-6H2. The van der Waals surface area contributed by atoms with Crippen LogP contribution in [0.15, 0.2) is 12.3 Å². The van der Waals surface area contributed by atoms with Crippen LogP contribution in [0.1, 0.15) is 25.7 Å². The summed E-state index contributed by atoms with van der Waals surface area (Å²) < 4.78 is 13.8. The van der Waals surface area contributed by atoms with E-state index in [4.69, 9.17) is 23.2 Å². The van der Waals surface area contributed by atoms with Crippen molar-refractivity contribution in [2.24, 2.45) is 0 Å². The number of anilines is 1. The Balaban J connectivity index is 2.14. The van der Waals surface area contributed by atoms with Gasteiger partial charge in [-0.25, -0.2) is 9.37 Å². The lowest BCUT2D eigenvalue weighted by molar-refractivity contribution is 0.570. The summed E-state index contributed by atoms with van der Waals surface area (Å²) in [4.78, 5) is 6.14. The van der Waals surface area contributed by atoms with E-state index in [-0.39, 0.29) is 5.82 Å². The van der Waals surface area contributed by atoms with Crippen LogP contribution in [0.4, 0.5) is 10.2 Å². The summed E-state index contributed by atoms with van der Waals surface area (Å²) in [5.41, 5.74) is 0. The Bertz CT molecular complexity index is 387. The zero-order chi connectivity index (χ0) is 12.3. The Labute approximate surface area is 111 Å². The predicted molar refractivity (Wildman–Crippen MR) is 69.5 cm³/mol. The molecule has 1 unspecified atom stereocenters. The lowest BCUT2D eigenvalue weighted by atomic mass is 10.1. The Morgan fingerprint density at radius 3 is 3.06 bits per heavy atom. The van der Waals surface area contributed by atoms with E-state index in [0.29, 0.717) is 22.8 Å². The summed E-state index contributed by atoms with van der Waals surface area (Å²) in [6.45, 7) is 0.860. The van der Waals surface area contributed by atoms with E-state index in [1.165, 1.54) is 12.3 Å². The second kappa shape index (κ2) is 5.87. The molecule has 0 aliphatic carbocycles. The number of aromatic nitrogens is 1. The molecule has 0 aromatic carbocycles. The van der Waals surface area contributed by atoms with Gasteiger partial charge in [0.2, 0.25) is 0 Å². The van der Waals surface area contributed by atoms with Crippen molar-refractivity contribution in [2.75, 3.05) is 17.3 Å². The lowest BCUT2D eigenvalue weighted by Gasteiger charge is -2.25. The van der Waals surface area contributed by atoms with Crippen molar-refractivity contribution in [3.8, 4) is 0 Å². The molecule has 17 heavy (non-hydrogen) atoms. The Kier molecular flexibility index (Phi) is 4.46. The predicted octanol–water partition coefficient (Wildman–Crippen LogP) is 3.86. The molecule has 2 nitrogen and oxygen atoms in total. The van der Waals surface area contributed by atoms with E-state index in [1.54, 1.807) is 0 Å². The number of halogens is 3. The number of pyridine rings is 1. The van der Waals surface area contributed by atoms with E-state index in [1.807, 2.05) is 4.90 Å². The zero-order valence-electron chi connectivity index (χ0n) is 9.50. The molecule has 94 valence electrons. The minimum absolute atomic E-state index is 0.336. The van der Waals surface area contributed by atoms with Crippen molar-refractivity contribution >= 4 is 29.0 Å². The molecule has 0 radical (unpaired) electrons. The quantitative estimate of drug-likeness (QED) is 0.777. The fraction of sp³-hybridized carbons (Fsp3) is 0.583. The molecule has 0 N–H and O–H groups in total. The van der Waals surface area contributed by atoms with Gasteiger partial charge in [0.05, 0.1) is 5.02 Å². The van der Waals surface area contributed by atoms with Crippen LogP contribution < -0.4 is 4.90 Å². The topological polar surface area (TPSA) is 16.1 Å². The van der Waals surface area contributed by atoms with Crippen LogP contribution in [0.25, 0.3) is 0 Å². The van der Waals surface area contributed by atoms with E-state index < -0.39 is 0 Å². The molecule has 1 fully saturated rings. The van der Waals surface area contributed by atoms with Crippen molar-refractivity contribution in [1.82, 2.24) is 4.98 Å². The fourth-order valence-corrected chi connectivity index (χ4v) is 2.65. The molecular weight excluding hydrogens is 262 g/mol. The van der Waals surface area contributed by atoms with E-state index in [2.05, 4.69) is 4.98 Å². The normalized spacial score (nSPS) is 19.9. The number of rotatable bonds is 4. The third-order valence-electron chi connectivity index (χ3n) is 3.11. The van der Waals surface area contributed by atoms with Gasteiger partial charge in [0.1, 0.15) is 0 Å². The molecule has 1 aromatic heterocycles. The van der Waals surface area contributed by atoms with Gasteiger partial charge in [0.15, 0.2) is 11.6 Å². The summed E-state index contributed by atoms with van der Waals surface area (Å²) in [6, 6.07) is 1.68. The van der Waals surface area contributed by atoms with Gasteiger partial charge >= 0.3 is 0 Å². The maximum atomic E-state index is 13.8. The van der Waals surface area contributed by atoms with Crippen LogP contribution >= 0.6 is 23.2 Å². The molecule has 1 saturated heterocycles. The van der Waals surface area contributed by atoms with Gasteiger partial charge in [-0.15, -0.1) is 11.6 Å². The highest BCUT2D eigenvalue weighted by Gasteiger charge is 2.27. The number of nitrogens with zero attached hydrogens (tertiary/aromatic N) is 2. The smallest absolute Gasteiger partial charge is 0.167 e. The van der Waals surface area contributed by atoms with E-state index >= 15 is 0 Å². The van der Waals surface area contributed by atoms with Crippen molar-refractivity contribution < 1.29 is 4.39 Å². The highest BCUT2D eigenvalue weighted by Crippen LogP contribution is 2.29. The van der Waals surface area contributed by atoms with Gasteiger partial charge in [0, 0.05) is 24.7 Å². The first-order valence-electron chi connectivity index (χ1n) is 5.86. The Morgan fingerprint density at radius 2 is 2.35 bits per heavy atom. The van der Waals surface area contributed by atoms with Crippen LogP contribution in [0.5, 0.6) is 0 Å². The minimum Gasteiger partial charge on any atom is -0.351 e. The number of hydrogen-bond donors (Lipinski definition) is 0. The maximum Gasteiger partial charge on any atom is 0.167 e. The maximum absolute atomic E-state index is 13.8. The van der Waals surface area contributed by atoms with Crippen LogP contribution in [0.2, 0.25) is 5.02 Å². The first kappa shape index (κ1) is 12.9. The van der Waals surface area contributed by atoms with Crippen molar-refractivity contribution in [1.29, 1.82) is 0 Å². The van der Waals surface area contributed by atoms with Crippen LogP contribution in [0.3, 0.4) is 0 Å². The minimum atomic E-state index is -0.338. The molecule has 1 atom stereocenters. The first-order chi connectivity index (χ1) is 8.22. The van der Waals surface area contributed by atoms with Crippen LogP contribution in [0, 0.1) is 5.82 Å².